The first kappa shape index (κ1) is 9.68. The number of benzene rings is 1. The number of aryl methyl sites for hydroxylation is 1. The van der Waals surface area contributed by atoms with Crippen molar-refractivity contribution in [3.05, 3.63) is 33.5 Å². The number of hydrogen-bond donors (Lipinski definition) is 0. The molecule has 0 radical (unpaired) electrons. The van der Waals surface area contributed by atoms with Crippen LogP contribution in [-0.4, -0.2) is 10.1 Å². The highest BCUT2D eigenvalue weighted by atomic mass is 79.9. The van der Waals surface area contributed by atoms with Crippen LogP contribution in [-0.2, 0) is 0 Å². The Hall–Kier alpha value is -0.870. The van der Waals surface area contributed by atoms with Gasteiger partial charge < -0.3 is 4.52 Å². The average Bonchev–Trinajstić information content (AvgIpc) is 2.57. The van der Waals surface area contributed by atoms with Crippen molar-refractivity contribution in [2.45, 2.75) is 6.92 Å². The first-order valence-corrected chi connectivity index (χ1v) is 5.09. The zero-order valence-corrected chi connectivity index (χ0v) is 9.63. The fourth-order valence-corrected chi connectivity index (χ4v) is 1.45. The summed E-state index contributed by atoms with van der Waals surface area (Å²) in [6.07, 6.45) is 0. The maximum absolute atomic E-state index is 5.90. The minimum absolute atomic E-state index is 0.445. The SMILES string of the molecule is Cc1cc(-c2nc(Br)no2)ccc1Cl. The molecule has 2 rings (SSSR count). The molecular weight excluding hydrogens is 267 g/mol. The van der Waals surface area contributed by atoms with Crippen LogP contribution in [0.15, 0.2) is 27.5 Å². The van der Waals surface area contributed by atoms with Crippen molar-refractivity contribution in [2.24, 2.45) is 0 Å². The minimum Gasteiger partial charge on any atom is -0.333 e. The van der Waals surface area contributed by atoms with Crippen LogP contribution in [0.1, 0.15) is 5.56 Å². The fraction of sp³-hybridized carbons (Fsp3) is 0.111. The Morgan fingerprint density at radius 3 is 2.79 bits per heavy atom. The molecule has 0 spiro atoms. The Morgan fingerprint density at radius 1 is 1.43 bits per heavy atom. The first-order valence-electron chi connectivity index (χ1n) is 3.92. The Labute approximate surface area is 94.2 Å². The van der Waals surface area contributed by atoms with E-state index in [-0.39, 0.29) is 0 Å². The van der Waals surface area contributed by atoms with Crippen molar-refractivity contribution >= 4 is 27.5 Å². The molecule has 3 nitrogen and oxygen atoms in total. The molecule has 2 aromatic rings. The molecule has 0 saturated carbocycles. The molecule has 1 aromatic heterocycles. The van der Waals surface area contributed by atoms with Crippen LogP contribution in [0.3, 0.4) is 0 Å². The summed E-state index contributed by atoms with van der Waals surface area (Å²) in [5, 5.41) is 4.37. The second-order valence-electron chi connectivity index (χ2n) is 2.83. The number of hydrogen-bond acceptors (Lipinski definition) is 3. The van der Waals surface area contributed by atoms with E-state index in [0.29, 0.717) is 10.6 Å². The molecule has 0 aliphatic carbocycles. The van der Waals surface area contributed by atoms with Gasteiger partial charge in [-0.1, -0.05) is 11.6 Å². The fourth-order valence-electron chi connectivity index (χ4n) is 1.10. The van der Waals surface area contributed by atoms with E-state index in [0.717, 1.165) is 16.1 Å². The molecule has 14 heavy (non-hydrogen) atoms. The van der Waals surface area contributed by atoms with Gasteiger partial charge >= 0.3 is 0 Å². The Balaban J connectivity index is 2.47. The lowest BCUT2D eigenvalue weighted by molar-refractivity contribution is 0.426. The zero-order valence-electron chi connectivity index (χ0n) is 7.29. The molecule has 0 unspecified atom stereocenters. The molecule has 0 bridgehead atoms. The predicted molar refractivity (Wildman–Crippen MR) is 57.2 cm³/mol. The van der Waals surface area contributed by atoms with Crippen molar-refractivity contribution in [1.82, 2.24) is 10.1 Å². The molecule has 0 saturated heterocycles. The maximum Gasteiger partial charge on any atom is 0.258 e. The second kappa shape index (κ2) is 3.71. The van der Waals surface area contributed by atoms with Gasteiger partial charge in [-0.25, -0.2) is 0 Å². The molecule has 0 amide bonds. The van der Waals surface area contributed by atoms with Gasteiger partial charge in [0.25, 0.3) is 5.89 Å². The van der Waals surface area contributed by atoms with Gasteiger partial charge in [0.05, 0.1) is 0 Å². The number of rotatable bonds is 1. The lowest BCUT2D eigenvalue weighted by atomic mass is 10.1. The van der Waals surface area contributed by atoms with E-state index in [1.807, 2.05) is 25.1 Å². The van der Waals surface area contributed by atoms with Crippen LogP contribution in [0.4, 0.5) is 0 Å². The molecular formula is C9H6BrClN2O. The minimum atomic E-state index is 0.445. The van der Waals surface area contributed by atoms with Gasteiger partial charge in [-0.05, 0) is 51.8 Å². The molecule has 0 fully saturated rings. The highest BCUT2D eigenvalue weighted by Crippen LogP contribution is 2.24. The zero-order chi connectivity index (χ0) is 10.1. The number of aromatic nitrogens is 2. The third-order valence-corrected chi connectivity index (χ3v) is 2.55. The van der Waals surface area contributed by atoms with E-state index < -0.39 is 0 Å². The van der Waals surface area contributed by atoms with E-state index in [1.165, 1.54) is 0 Å². The van der Waals surface area contributed by atoms with Crippen LogP contribution in [0.2, 0.25) is 5.02 Å². The summed E-state index contributed by atoms with van der Waals surface area (Å²) < 4.78 is 5.44. The van der Waals surface area contributed by atoms with Crippen LogP contribution in [0.5, 0.6) is 0 Å². The summed E-state index contributed by atoms with van der Waals surface area (Å²) in [7, 11) is 0. The summed E-state index contributed by atoms with van der Waals surface area (Å²) >= 11 is 9.02. The van der Waals surface area contributed by atoms with Crippen molar-refractivity contribution in [2.75, 3.05) is 0 Å². The van der Waals surface area contributed by atoms with E-state index in [4.69, 9.17) is 16.1 Å². The van der Waals surface area contributed by atoms with Crippen molar-refractivity contribution < 1.29 is 4.52 Å². The van der Waals surface area contributed by atoms with E-state index in [9.17, 15) is 0 Å². The lowest BCUT2D eigenvalue weighted by Crippen LogP contribution is -1.80. The van der Waals surface area contributed by atoms with E-state index in [1.54, 1.807) is 0 Å². The van der Waals surface area contributed by atoms with Crippen molar-refractivity contribution in [1.29, 1.82) is 0 Å². The average molecular weight is 274 g/mol. The molecule has 0 atom stereocenters. The quantitative estimate of drug-likeness (QED) is 0.798. The van der Waals surface area contributed by atoms with Gasteiger partial charge in [0.15, 0.2) is 0 Å². The predicted octanol–water partition coefficient (Wildman–Crippen LogP) is 3.46. The molecule has 1 aromatic carbocycles. The van der Waals surface area contributed by atoms with Gasteiger partial charge in [0, 0.05) is 10.6 Å². The molecule has 72 valence electrons. The number of halogens is 2. The van der Waals surface area contributed by atoms with Crippen molar-refractivity contribution in [3.8, 4) is 11.5 Å². The summed E-state index contributed by atoms with van der Waals surface area (Å²) in [5.41, 5.74) is 1.85. The lowest BCUT2D eigenvalue weighted by Gasteiger charge is -1.98. The molecule has 0 N–H and O–H groups in total. The normalized spacial score (nSPS) is 10.5. The van der Waals surface area contributed by atoms with Gasteiger partial charge in [0.1, 0.15) is 0 Å². The summed E-state index contributed by atoms with van der Waals surface area (Å²) in [6, 6.07) is 5.56. The smallest absolute Gasteiger partial charge is 0.258 e. The Morgan fingerprint density at radius 2 is 2.21 bits per heavy atom. The molecule has 0 aliphatic heterocycles. The Kier molecular flexibility index (Phi) is 2.56. The third kappa shape index (κ3) is 1.81. The van der Waals surface area contributed by atoms with Crippen LogP contribution >= 0.6 is 27.5 Å². The van der Waals surface area contributed by atoms with Gasteiger partial charge in [-0.3, -0.25) is 0 Å². The molecule has 1 heterocycles. The monoisotopic (exact) mass is 272 g/mol. The van der Waals surface area contributed by atoms with Crippen molar-refractivity contribution in [3.63, 3.8) is 0 Å². The standard InChI is InChI=1S/C9H6BrClN2O/c1-5-4-6(2-3-7(5)11)8-12-9(10)13-14-8/h2-4H,1H3. The van der Waals surface area contributed by atoms with Crippen LogP contribution < -0.4 is 0 Å². The first-order chi connectivity index (χ1) is 6.66. The van der Waals surface area contributed by atoms with Gasteiger partial charge in [-0.15, -0.1) is 0 Å². The third-order valence-electron chi connectivity index (χ3n) is 1.81. The topological polar surface area (TPSA) is 38.9 Å². The summed E-state index contributed by atoms with van der Waals surface area (Å²) in [4.78, 5) is 4.05. The van der Waals surface area contributed by atoms with E-state index in [2.05, 4.69) is 26.1 Å². The highest BCUT2D eigenvalue weighted by Gasteiger charge is 2.07. The maximum atomic E-state index is 5.90. The van der Waals surface area contributed by atoms with E-state index >= 15 is 0 Å². The van der Waals surface area contributed by atoms with Gasteiger partial charge in [0.2, 0.25) is 4.73 Å². The van der Waals surface area contributed by atoms with Gasteiger partial charge in [-0.2, -0.15) is 4.98 Å². The summed E-state index contributed by atoms with van der Waals surface area (Å²) in [5.74, 6) is 0.483. The number of nitrogens with zero attached hydrogens (tertiary/aromatic N) is 2. The second-order valence-corrected chi connectivity index (χ2v) is 3.95. The van der Waals surface area contributed by atoms with Crippen LogP contribution in [0, 0.1) is 6.92 Å². The highest BCUT2D eigenvalue weighted by molar-refractivity contribution is 9.10. The van der Waals surface area contributed by atoms with Crippen LogP contribution in [0.25, 0.3) is 11.5 Å². The summed E-state index contributed by atoms with van der Waals surface area (Å²) in [6.45, 7) is 1.93. The largest absolute Gasteiger partial charge is 0.333 e. The molecule has 0 aliphatic rings. The Bertz CT molecular complexity index is 470. The molecule has 5 heteroatoms.